The molecule has 0 aliphatic heterocycles. The largest absolute Gasteiger partial charge is 0.471 e. The third-order valence-electron chi connectivity index (χ3n) is 1.71. The van der Waals surface area contributed by atoms with Crippen molar-refractivity contribution < 1.29 is 9.47 Å². The number of methoxy groups -OCH3 is 1. The van der Waals surface area contributed by atoms with Crippen LogP contribution >= 0.6 is 15.9 Å². The smallest absolute Gasteiger partial charge is 0.233 e. The lowest BCUT2D eigenvalue weighted by Crippen LogP contribution is -2.19. The van der Waals surface area contributed by atoms with E-state index in [0.29, 0.717) is 18.3 Å². The predicted octanol–water partition coefficient (Wildman–Crippen LogP) is 1.69. The van der Waals surface area contributed by atoms with E-state index in [0.717, 1.165) is 4.47 Å². The highest BCUT2D eigenvalue weighted by Gasteiger charge is 2.11. The molecule has 0 aliphatic rings. The number of ether oxygens (including phenoxy) is 2. The van der Waals surface area contributed by atoms with E-state index in [4.69, 9.17) is 9.47 Å². The van der Waals surface area contributed by atoms with Crippen LogP contribution in [0.25, 0.3) is 0 Å². The molecule has 0 amide bonds. The topological polar surface area (TPSA) is 56.3 Å². The van der Waals surface area contributed by atoms with Crippen LogP contribution in [0.4, 0.5) is 5.82 Å². The van der Waals surface area contributed by atoms with Crippen LogP contribution in [-0.2, 0) is 4.74 Å². The number of rotatable bonds is 5. The van der Waals surface area contributed by atoms with E-state index in [-0.39, 0.29) is 6.10 Å². The molecule has 0 fully saturated rings. The lowest BCUT2D eigenvalue weighted by molar-refractivity contribution is 0.0883. The Kier molecular flexibility index (Phi) is 4.77. The minimum Gasteiger partial charge on any atom is -0.471 e. The molecule has 5 nitrogen and oxygen atoms in total. The third kappa shape index (κ3) is 3.32. The Bertz CT molecular complexity index is 322. The maximum Gasteiger partial charge on any atom is 0.233 e. The van der Waals surface area contributed by atoms with Crippen LogP contribution in [0.1, 0.15) is 6.92 Å². The number of aromatic nitrogens is 2. The molecule has 0 saturated heterocycles. The molecule has 6 heteroatoms. The number of hydrogen-bond acceptors (Lipinski definition) is 5. The fraction of sp³-hybridized carbons (Fsp3) is 0.556. The van der Waals surface area contributed by atoms with Crippen molar-refractivity contribution in [1.29, 1.82) is 0 Å². The summed E-state index contributed by atoms with van der Waals surface area (Å²) in [5, 5.41) is 2.93. The molecular formula is C9H14BrN3O2. The Morgan fingerprint density at radius 1 is 1.53 bits per heavy atom. The first-order valence-corrected chi connectivity index (χ1v) is 5.32. The highest BCUT2D eigenvalue weighted by Crippen LogP contribution is 2.28. The number of nitrogens with one attached hydrogen (secondary N) is 1. The molecule has 1 unspecified atom stereocenters. The average Bonchev–Trinajstić information content (AvgIpc) is 2.21. The standard InChI is InChI=1S/C9H14BrN3O2/c1-6(4-14-3)15-9-7(10)8(11-2)12-5-13-9/h5-6H,4H2,1-3H3,(H,11,12,13). The zero-order chi connectivity index (χ0) is 11.3. The SMILES string of the molecule is CNc1ncnc(OC(C)COC)c1Br. The highest BCUT2D eigenvalue weighted by atomic mass is 79.9. The quantitative estimate of drug-likeness (QED) is 0.887. The van der Waals surface area contributed by atoms with Gasteiger partial charge in [-0.2, -0.15) is 0 Å². The Morgan fingerprint density at radius 3 is 2.87 bits per heavy atom. The van der Waals surface area contributed by atoms with Crippen molar-refractivity contribution in [3.05, 3.63) is 10.8 Å². The van der Waals surface area contributed by atoms with Crippen molar-refractivity contribution >= 4 is 21.7 Å². The second kappa shape index (κ2) is 5.87. The Labute approximate surface area is 97.3 Å². The van der Waals surface area contributed by atoms with Crippen LogP contribution in [0.2, 0.25) is 0 Å². The van der Waals surface area contributed by atoms with Crippen molar-refractivity contribution in [3.63, 3.8) is 0 Å². The third-order valence-corrected chi connectivity index (χ3v) is 2.42. The summed E-state index contributed by atoms with van der Waals surface area (Å²) in [5.41, 5.74) is 0. The van der Waals surface area contributed by atoms with Gasteiger partial charge in [-0.05, 0) is 22.9 Å². The molecular weight excluding hydrogens is 262 g/mol. The molecule has 84 valence electrons. The monoisotopic (exact) mass is 275 g/mol. The van der Waals surface area contributed by atoms with Crippen molar-refractivity contribution in [2.45, 2.75) is 13.0 Å². The molecule has 1 atom stereocenters. The minimum absolute atomic E-state index is 0.0501. The van der Waals surface area contributed by atoms with Crippen LogP contribution in [0.15, 0.2) is 10.8 Å². The van der Waals surface area contributed by atoms with E-state index in [1.165, 1.54) is 6.33 Å². The van der Waals surface area contributed by atoms with E-state index in [1.54, 1.807) is 14.2 Å². The Morgan fingerprint density at radius 2 is 2.27 bits per heavy atom. The van der Waals surface area contributed by atoms with Gasteiger partial charge in [0.2, 0.25) is 5.88 Å². The zero-order valence-electron chi connectivity index (χ0n) is 8.95. The summed E-state index contributed by atoms with van der Waals surface area (Å²) in [5.74, 6) is 1.21. The number of anilines is 1. The Hall–Kier alpha value is -0.880. The van der Waals surface area contributed by atoms with Gasteiger partial charge in [-0.25, -0.2) is 9.97 Å². The number of halogens is 1. The Balaban J connectivity index is 2.76. The van der Waals surface area contributed by atoms with Crippen LogP contribution in [0, 0.1) is 0 Å². The van der Waals surface area contributed by atoms with Gasteiger partial charge < -0.3 is 14.8 Å². The van der Waals surface area contributed by atoms with Gasteiger partial charge in [-0.15, -0.1) is 0 Å². The molecule has 15 heavy (non-hydrogen) atoms. The van der Waals surface area contributed by atoms with Crippen molar-refractivity contribution in [2.75, 3.05) is 26.1 Å². The molecule has 0 aliphatic carbocycles. The maximum absolute atomic E-state index is 5.57. The van der Waals surface area contributed by atoms with E-state index in [1.807, 2.05) is 6.92 Å². The summed E-state index contributed by atoms with van der Waals surface area (Å²) < 4.78 is 11.3. The predicted molar refractivity (Wildman–Crippen MR) is 61.2 cm³/mol. The van der Waals surface area contributed by atoms with Crippen molar-refractivity contribution in [1.82, 2.24) is 9.97 Å². The lowest BCUT2D eigenvalue weighted by atomic mass is 10.4. The molecule has 0 spiro atoms. The summed E-state index contributed by atoms with van der Waals surface area (Å²) in [4.78, 5) is 8.06. The average molecular weight is 276 g/mol. The second-order valence-corrected chi connectivity index (χ2v) is 3.77. The van der Waals surface area contributed by atoms with E-state index in [2.05, 4.69) is 31.2 Å². The summed E-state index contributed by atoms with van der Waals surface area (Å²) in [6.45, 7) is 2.43. The van der Waals surface area contributed by atoms with E-state index < -0.39 is 0 Å². The van der Waals surface area contributed by atoms with Gasteiger partial charge in [0.15, 0.2) is 0 Å². The van der Waals surface area contributed by atoms with Gasteiger partial charge in [0.05, 0.1) is 6.61 Å². The highest BCUT2D eigenvalue weighted by molar-refractivity contribution is 9.10. The van der Waals surface area contributed by atoms with Crippen LogP contribution in [0.3, 0.4) is 0 Å². The molecule has 1 aromatic rings. The van der Waals surface area contributed by atoms with Gasteiger partial charge in [0.25, 0.3) is 0 Å². The van der Waals surface area contributed by atoms with Gasteiger partial charge in [-0.3, -0.25) is 0 Å². The summed E-state index contributed by atoms with van der Waals surface area (Å²) >= 11 is 3.37. The van der Waals surface area contributed by atoms with Gasteiger partial charge in [-0.1, -0.05) is 0 Å². The first-order valence-electron chi connectivity index (χ1n) is 4.52. The summed E-state index contributed by atoms with van der Waals surface area (Å²) in [7, 11) is 3.42. The molecule has 0 aromatic carbocycles. The molecule has 1 aromatic heterocycles. The van der Waals surface area contributed by atoms with Gasteiger partial charge in [0.1, 0.15) is 22.7 Å². The number of hydrogen-bond donors (Lipinski definition) is 1. The van der Waals surface area contributed by atoms with Crippen LogP contribution < -0.4 is 10.1 Å². The fourth-order valence-corrected chi connectivity index (χ4v) is 1.57. The van der Waals surface area contributed by atoms with Crippen molar-refractivity contribution in [2.24, 2.45) is 0 Å². The first kappa shape index (κ1) is 12.2. The summed E-state index contributed by atoms with van der Waals surface area (Å²) in [6, 6.07) is 0. The molecule has 0 bridgehead atoms. The van der Waals surface area contributed by atoms with E-state index >= 15 is 0 Å². The van der Waals surface area contributed by atoms with Crippen molar-refractivity contribution in [3.8, 4) is 5.88 Å². The van der Waals surface area contributed by atoms with Crippen LogP contribution in [0.5, 0.6) is 5.88 Å². The summed E-state index contributed by atoms with van der Waals surface area (Å²) in [6.07, 6.45) is 1.40. The molecule has 0 radical (unpaired) electrons. The molecule has 1 heterocycles. The normalized spacial score (nSPS) is 12.3. The second-order valence-electron chi connectivity index (χ2n) is 2.98. The zero-order valence-corrected chi connectivity index (χ0v) is 10.5. The van der Waals surface area contributed by atoms with Crippen LogP contribution in [-0.4, -0.2) is 36.8 Å². The molecule has 1 rings (SSSR count). The molecule has 1 N–H and O–H groups in total. The first-order chi connectivity index (χ1) is 7.19. The minimum atomic E-state index is -0.0501. The molecule has 0 saturated carbocycles. The fourth-order valence-electron chi connectivity index (χ4n) is 1.07. The van der Waals surface area contributed by atoms with E-state index in [9.17, 15) is 0 Å². The maximum atomic E-state index is 5.57. The lowest BCUT2D eigenvalue weighted by Gasteiger charge is -2.14. The number of nitrogens with zero attached hydrogens (tertiary/aromatic N) is 2. The van der Waals surface area contributed by atoms with Gasteiger partial charge in [0, 0.05) is 14.2 Å². The van der Waals surface area contributed by atoms with Gasteiger partial charge >= 0.3 is 0 Å².